The molecular weight excluding hydrogens is 358 g/mol. The fraction of sp³-hybridized carbons (Fsp3) is 0.944. The summed E-state index contributed by atoms with van der Waals surface area (Å²) in [6.45, 7) is 2.28. The van der Waals surface area contributed by atoms with E-state index in [9.17, 15) is 4.79 Å². The number of carbonyl (C=O) groups excluding carboxylic acids is 1. The molecule has 0 fully saturated rings. The van der Waals surface area contributed by atoms with Gasteiger partial charge < -0.3 is 7.65 Å². The molecular formula is C18H38Na2O3Ti. The van der Waals surface area contributed by atoms with Crippen LogP contribution in [0.5, 0.6) is 0 Å². The monoisotopic (exact) mass is 396 g/mol. The van der Waals surface area contributed by atoms with Crippen LogP contribution in [0.2, 0.25) is 0 Å². The summed E-state index contributed by atoms with van der Waals surface area (Å²) >= 11 is -2.00. The van der Waals surface area contributed by atoms with Gasteiger partial charge in [-0.25, -0.2) is 0 Å². The predicted octanol–water partition coefficient (Wildman–Crippen LogP) is 0.440. The third kappa shape index (κ3) is 39.2. The van der Waals surface area contributed by atoms with Gasteiger partial charge in [0.2, 0.25) is 0 Å². The number of carbonyl (C=O) groups is 1. The molecule has 0 radical (unpaired) electrons. The molecule has 0 heterocycles. The van der Waals surface area contributed by atoms with E-state index < -0.39 is 19.1 Å². The Hall–Kier alpha value is 1.98. The molecule has 0 aliphatic rings. The van der Waals surface area contributed by atoms with Gasteiger partial charge in [0.05, 0.1) is 0 Å². The first-order chi connectivity index (χ1) is 10.8. The van der Waals surface area contributed by atoms with Crippen LogP contribution in [-0.2, 0) is 30.5 Å². The molecule has 0 rings (SSSR count). The fourth-order valence-corrected chi connectivity index (χ4v) is 2.60. The molecule has 0 N–H and O–H groups in total. The number of rotatable bonds is 16. The Morgan fingerprint density at radius 2 is 0.875 bits per heavy atom. The second-order valence-corrected chi connectivity index (χ2v) is 6.25. The Balaban J connectivity index is -0.000000133. The topological polar surface area (TPSA) is 51.2 Å². The van der Waals surface area contributed by atoms with Gasteiger partial charge in [-0.15, -0.1) is 0 Å². The molecule has 0 bridgehead atoms. The van der Waals surface area contributed by atoms with Crippen molar-refractivity contribution in [1.29, 1.82) is 0 Å². The first kappa shape index (κ1) is 33.6. The minimum atomic E-state index is -2.00. The summed E-state index contributed by atoms with van der Waals surface area (Å²) in [5, 5.41) is 0. The van der Waals surface area contributed by atoms with Crippen molar-refractivity contribution in [3.63, 3.8) is 0 Å². The Bertz CT molecular complexity index is 259. The molecule has 0 amide bonds. The van der Waals surface area contributed by atoms with Crippen LogP contribution in [0.3, 0.4) is 0 Å². The Labute approximate surface area is 206 Å². The molecule has 0 aliphatic carbocycles. The molecule has 0 spiro atoms. The molecule has 0 aromatic rings. The maximum absolute atomic E-state index is 10.1. The van der Waals surface area contributed by atoms with Crippen molar-refractivity contribution in [1.82, 2.24) is 0 Å². The molecule has 0 aromatic heterocycles. The van der Waals surface area contributed by atoms with E-state index in [-0.39, 0.29) is 62.0 Å². The van der Waals surface area contributed by atoms with Gasteiger partial charge in [-0.3, -0.25) is 0 Å². The second-order valence-electron chi connectivity index (χ2n) is 5.99. The first-order valence-corrected chi connectivity index (χ1v) is 10.5. The normalized spacial score (nSPS) is 8.88. The summed E-state index contributed by atoms with van der Waals surface area (Å²) in [5.41, 5.74) is 0. The standard InChI is InChI=1S/C18H36O.2Na.2O.Ti.2H/c1-2-3-4-5-6-7-8-9-10-11-12-13-14-15-16-17-18-19;;;;;;;/h18H,2-17H2,1H3;;;;;;;/q;2*+1;;;;2*-1. The zero-order valence-corrected chi connectivity index (χ0v) is 22.2. The number of hydrogen-bond acceptors (Lipinski definition) is 3. The molecule has 0 unspecified atom stereocenters. The molecule has 0 saturated heterocycles. The van der Waals surface area contributed by atoms with E-state index in [2.05, 4.69) is 6.92 Å². The summed E-state index contributed by atoms with van der Waals surface area (Å²) in [6.07, 6.45) is 22.6. The third-order valence-corrected chi connectivity index (χ3v) is 3.93. The van der Waals surface area contributed by atoms with Gasteiger partial charge in [0.15, 0.2) is 0 Å². The molecule has 0 atom stereocenters. The number of hydrogen-bond donors (Lipinski definition) is 0. The molecule has 0 saturated carbocycles. The van der Waals surface area contributed by atoms with Crippen molar-refractivity contribution in [2.45, 2.75) is 110 Å². The van der Waals surface area contributed by atoms with E-state index in [1.807, 2.05) is 0 Å². The van der Waals surface area contributed by atoms with Crippen LogP contribution in [0.4, 0.5) is 0 Å². The van der Waals surface area contributed by atoms with Crippen LogP contribution >= 0.6 is 0 Å². The van der Waals surface area contributed by atoms with Crippen LogP contribution < -0.4 is 59.1 Å². The average molecular weight is 396 g/mol. The van der Waals surface area contributed by atoms with Gasteiger partial charge in [0, 0.05) is 6.42 Å². The van der Waals surface area contributed by atoms with Crippen molar-refractivity contribution in [2.24, 2.45) is 0 Å². The molecule has 0 aliphatic heterocycles. The summed E-state index contributed by atoms with van der Waals surface area (Å²) < 4.78 is 17.0. The zero-order chi connectivity index (χ0) is 16.7. The van der Waals surface area contributed by atoms with Crippen LogP contribution in [0.15, 0.2) is 0 Å². The Morgan fingerprint density at radius 3 is 1.12 bits per heavy atom. The summed E-state index contributed by atoms with van der Waals surface area (Å²) in [7, 11) is 0. The molecule has 24 heavy (non-hydrogen) atoms. The van der Waals surface area contributed by atoms with E-state index in [1.165, 1.54) is 89.9 Å². The van der Waals surface area contributed by atoms with E-state index in [0.717, 1.165) is 19.1 Å². The Morgan fingerprint density at radius 1 is 0.625 bits per heavy atom. The molecule has 134 valence electrons. The zero-order valence-electron chi connectivity index (χ0n) is 18.6. The quantitative estimate of drug-likeness (QED) is 0.216. The van der Waals surface area contributed by atoms with Gasteiger partial charge in [-0.2, -0.15) is 0 Å². The third-order valence-electron chi connectivity index (χ3n) is 3.93. The summed E-state index contributed by atoms with van der Waals surface area (Å²) in [5.74, 6) is 0. The second kappa shape index (κ2) is 36.0. The molecule has 0 aromatic carbocycles. The van der Waals surface area contributed by atoms with Gasteiger partial charge in [0.1, 0.15) is 6.29 Å². The summed E-state index contributed by atoms with van der Waals surface area (Å²) in [4.78, 5) is 10.1. The van der Waals surface area contributed by atoms with Gasteiger partial charge in [-0.1, -0.05) is 96.8 Å². The van der Waals surface area contributed by atoms with Crippen LogP contribution in [-0.4, -0.2) is 6.29 Å². The minimum absolute atomic E-state index is 0. The maximum atomic E-state index is 10.1. The van der Waals surface area contributed by atoms with Crippen molar-refractivity contribution >= 4 is 6.29 Å². The van der Waals surface area contributed by atoms with Crippen LogP contribution in [0.1, 0.15) is 113 Å². The first-order valence-electron chi connectivity index (χ1n) is 9.26. The van der Waals surface area contributed by atoms with Crippen molar-refractivity contribution in [3.05, 3.63) is 0 Å². The van der Waals surface area contributed by atoms with Crippen molar-refractivity contribution in [2.75, 3.05) is 0 Å². The van der Waals surface area contributed by atoms with E-state index in [0.29, 0.717) is 0 Å². The fourth-order valence-electron chi connectivity index (χ4n) is 2.60. The number of aldehydes is 1. The van der Waals surface area contributed by atoms with E-state index >= 15 is 0 Å². The van der Waals surface area contributed by atoms with Crippen LogP contribution in [0.25, 0.3) is 0 Å². The molecule has 6 heteroatoms. The Kier molecular flexibility index (Phi) is 50.3. The number of unbranched alkanes of at least 4 members (excludes halogenated alkanes) is 15. The van der Waals surface area contributed by atoms with Crippen LogP contribution in [0, 0.1) is 0 Å². The average Bonchev–Trinajstić information content (AvgIpc) is 2.52. The predicted molar refractivity (Wildman–Crippen MR) is 89.2 cm³/mol. The van der Waals surface area contributed by atoms with Gasteiger partial charge in [0.25, 0.3) is 0 Å². The molecule has 3 nitrogen and oxygen atoms in total. The SMILES string of the molecule is CCCCCCCCCCCCCCCCCC=O.[H-].[H-].[Na+].[Na+].[O]=[Ti]=[O]. The summed E-state index contributed by atoms with van der Waals surface area (Å²) in [6, 6.07) is 0. The van der Waals surface area contributed by atoms with E-state index in [1.54, 1.807) is 0 Å². The van der Waals surface area contributed by atoms with Crippen molar-refractivity contribution in [3.8, 4) is 0 Å². The van der Waals surface area contributed by atoms with Gasteiger partial charge in [-0.05, 0) is 6.42 Å². The van der Waals surface area contributed by atoms with E-state index in [4.69, 9.17) is 6.65 Å². The van der Waals surface area contributed by atoms with Crippen molar-refractivity contribution < 1.29 is 92.5 Å². The van der Waals surface area contributed by atoms with Gasteiger partial charge >= 0.3 is 84.9 Å².